The Hall–Kier alpha value is -1.10. The predicted octanol–water partition coefficient (Wildman–Crippen LogP) is 4.54. The first kappa shape index (κ1) is 21.6. The maximum atomic E-state index is 12.8. The third-order valence-corrected chi connectivity index (χ3v) is 6.95. The average Bonchev–Trinajstić information content (AvgIpc) is 2.67. The van der Waals surface area contributed by atoms with Gasteiger partial charge < -0.3 is 15.7 Å². The lowest BCUT2D eigenvalue weighted by Crippen LogP contribution is -2.43. The van der Waals surface area contributed by atoms with Gasteiger partial charge in [-0.15, -0.1) is 0 Å². The van der Waals surface area contributed by atoms with Crippen molar-refractivity contribution in [3.05, 3.63) is 34.3 Å². The van der Waals surface area contributed by atoms with E-state index in [0.29, 0.717) is 29.1 Å². The quantitative estimate of drug-likeness (QED) is 0.594. The molecule has 0 aliphatic heterocycles. The lowest BCUT2D eigenvalue weighted by atomic mass is 9.62. The van der Waals surface area contributed by atoms with E-state index in [9.17, 15) is 9.90 Å². The Morgan fingerprint density at radius 3 is 2.68 bits per heavy atom. The SMILES string of the molecule is CC(C)(CO)CNCc1ccc(Cl)c(C(=O)NCC23CCCC(CCC2)C3)c1. The summed E-state index contributed by atoms with van der Waals surface area (Å²) in [5.74, 6) is 0.796. The van der Waals surface area contributed by atoms with Gasteiger partial charge in [0.25, 0.3) is 5.91 Å². The topological polar surface area (TPSA) is 61.4 Å². The molecule has 2 fully saturated rings. The fourth-order valence-corrected chi connectivity index (χ4v) is 5.09. The van der Waals surface area contributed by atoms with Crippen molar-refractivity contribution >= 4 is 17.5 Å². The monoisotopic (exact) mass is 406 g/mol. The van der Waals surface area contributed by atoms with E-state index in [1.807, 2.05) is 26.0 Å². The van der Waals surface area contributed by atoms with Crippen molar-refractivity contribution in [3.8, 4) is 0 Å². The number of nitrogens with one attached hydrogen (secondary N) is 2. The molecule has 3 rings (SSSR count). The zero-order valence-electron chi connectivity index (χ0n) is 17.3. The summed E-state index contributed by atoms with van der Waals surface area (Å²) in [7, 11) is 0. The normalized spacial score (nSPS) is 24.8. The van der Waals surface area contributed by atoms with Gasteiger partial charge in [0, 0.05) is 31.7 Å². The molecular weight excluding hydrogens is 372 g/mol. The number of carbonyl (C=O) groups is 1. The van der Waals surface area contributed by atoms with E-state index in [1.165, 1.54) is 44.9 Å². The molecule has 0 atom stereocenters. The van der Waals surface area contributed by atoms with Gasteiger partial charge in [-0.3, -0.25) is 4.79 Å². The third-order valence-electron chi connectivity index (χ3n) is 6.62. The van der Waals surface area contributed by atoms with Gasteiger partial charge in [-0.05, 0) is 48.3 Å². The summed E-state index contributed by atoms with van der Waals surface area (Å²) >= 11 is 6.33. The van der Waals surface area contributed by atoms with Crippen LogP contribution in [0.1, 0.15) is 74.7 Å². The molecule has 1 amide bonds. The van der Waals surface area contributed by atoms with E-state index < -0.39 is 0 Å². The summed E-state index contributed by atoms with van der Waals surface area (Å²) in [5, 5.41) is 16.4. The summed E-state index contributed by atoms with van der Waals surface area (Å²) in [6.45, 7) is 6.29. The number of aliphatic hydroxyl groups excluding tert-OH is 1. The van der Waals surface area contributed by atoms with Crippen LogP contribution in [0.5, 0.6) is 0 Å². The Morgan fingerprint density at radius 2 is 2.00 bits per heavy atom. The highest BCUT2D eigenvalue weighted by Crippen LogP contribution is 2.48. The van der Waals surface area contributed by atoms with Crippen LogP contribution in [0.3, 0.4) is 0 Å². The van der Waals surface area contributed by atoms with Crippen molar-refractivity contribution in [2.24, 2.45) is 16.7 Å². The molecule has 1 aromatic rings. The van der Waals surface area contributed by atoms with E-state index >= 15 is 0 Å². The van der Waals surface area contributed by atoms with Crippen LogP contribution >= 0.6 is 11.6 Å². The molecule has 4 nitrogen and oxygen atoms in total. The van der Waals surface area contributed by atoms with Crippen LogP contribution in [0.2, 0.25) is 5.02 Å². The lowest BCUT2D eigenvalue weighted by Gasteiger charge is -2.45. The van der Waals surface area contributed by atoms with Crippen LogP contribution in [-0.2, 0) is 6.54 Å². The minimum atomic E-state index is -0.163. The zero-order chi connectivity index (χ0) is 20.2. The number of halogens is 1. The summed E-state index contributed by atoms with van der Waals surface area (Å²) in [5.41, 5.74) is 1.72. The first-order valence-corrected chi connectivity index (χ1v) is 11.1. The predicted molar refractivity (Wildman–Crippen MR) is 115 cm³/mol. The second-order valence-corrected chi connectivity index (χ2v) is 10.2. The van der Waals surface area contributed by atoms with E-state index in [1.54, 1.807) is 6.07 Å². The van der Waals surface area contributed by atoms with Crippen molar-refractivity contribution in [2.75, 3.05) is 19.7 Å². The Morgan fingerprint density at radius 1 is 1.29 bits per heavy atom. The molecule has 0 radical (unpaired) electrons. The molecule has 0 saturated heterocycles. The molecule has 0 spiro atoms. The maximum absolute atomic E-state index is 12.8. The van der Waals surface area contributed by atoms with Crippen LogP contribution < -0.4 is 10.6 Å². The molecule has 5 heteroatoms. The second kappa shape index (κ2) is 9.15. The maximum Gasteiger partial charge on any atom is 0.252 e. The standard InChI is InChI=1S/C23H35ClN2O2/c1-22(2,16-27)14-25-13-18-7-8-20(24)19(11-18)21(28)26-15-23-9-3-5-17(12-23)6-4-10-23/h7-8,11,17,25,27H,3-6,9-10,12-16H2,1-2H3,(H,26,28). The lowest BCUT2D eigenvalue weighted by molar-refractivity contribution is 0.0681. The van der Waals surface area contributed by atoms with Crippen molar-refractivity contribution in [1.82, 2.24) is 10.6 Å². The molecule has 2 aliphatic rings. The Labute approximate surface area is 174 Å². The van der Waals surface area contributed by atoms with Crippen molar-refractivity contribution in [3.63, 3.8) is 0 Å². The Kier molecular flexibility index (Phi) is 7.06. The van der Waals surface area contributed by atoms with Gasteiger partial charge in [0.2, 0.25) is 0 Å². The highest BCUT2D eigenvalue weighted by molar-refractivity contribution is 6.33. The number of amides is 1. The summed E-state index contributed by atoms with van der Waals surface area (Å²) in [6, 6.07) is 5.64. The number of hydrogen-bond acceptors (Lipinski definition) is 3. The summed E-state index contributed by atoms with van der Waals surface area (Å²) in [4.78, 5) is 12.8. The first-order chi connectivity index (χ1) is 13.3. The molecule has 0 aromatic heterocycles. The van der Waals surface area contributed by atoms with E-state index in [0.717, 1.165) is 18.0 Å². The number of fused-ring (bicyclic) bond motifs is 2. The van der Waals surface area contributed by atoms with Crippen molar-refractivity contribution in [1.29, 1.82) is 0 Å². The Bertz CT molecular complexity index is 679. The van der Waals surface area contributed by atoms with Crippen LogP contribution in [0, 0.1) is 16.7 Å². The molecule has 3 N–H and O–H groups in total. The van der Waals surface area contributed by atoms with Gasteiger partial charge in [-0.1, -0.05) is 57.2 Å². The molecule has 2 saturated carbocycles. The minimum absolute atomic E-state index is 0.0652. The van der Waals surface area contributed by atoms with Gasteiger partial charge in [0.15, 0.2) is 0 Å². The number of rotatable bonds is 8. The van der Waals surface area contributed by atoms with Crippen LogP contribution in [0.25, 0.3) is 0 Å². The van der Waals surface area contributed by atoms with E-state index in [2.05, 4.69) is 10.6 Å². The molecule has 0 heterocycles. The smallest absolute Gasteiger partial charge is 0.252 e. The van der Waals surface area contributed by atoms with E-state index in [4.69, 9.17) is 11.6 Å². The first-order valence-electron chi connectivity index (χ1n) is 10.7. The molecule has 28 heavy (non-hydrogen) atoms. The van der Waals surface area contributed by atoms with Gasteiger partial charge in [0.05, 0.1) is 10.6 Å². The second-order valence-electron chi connectivity index (χ2n) is 9.78. The number of aliphatic hydroxyl groups is 1. The summed E-state index contributed by atoms with van der Waals surface area (Å²) in [6.07, 6.45) is 9.07. The van der Waals surface area contributed by atoms with Gasteiger partial charge in [-0.2, -0.15) is 0 Å². The number of benzene rings is 1. The van der Waals surface area contributed by atoms with Gasteiger partial charge >= 0.3 is 0 Å². The Balaban J connectivity index is 1.58. The number of carbonyl (C=O) groups excluding carboxylic acids is 1. The van der Waals surface area contributed by atoms with Crippen LogP contribution in [0.15, 0.2) is 18.2 Å². The highest BCUT2D eigenvalue weighted by atomic mass is 35.5. The van der Waals surface area contributed by atoms with E-state index in [-0.39, 0.29) is 17.9 Å². The largest absolute Gasteiger partial charge is 0.396 e. The van der Waals surface area contributed by atoms with Crippen LogP contribution in [-0.4, -0.2) is 30.7 Å². The molecule has 1 aromatic carbocycles. The fraction of sp³-hybridized carbons (Fsp3) is 0.696. The molecule has 156 valence electrons. The molecule has 2 bridgehead atoms. The van der Waals surface area contributed by atoms with Crippen molar-refractivity contribution < 1.29 is 9.90 Å². The molecule has 0 unspecified atom stereocenters. The zero-order valence-corrected chi connectivity index (χ0v) is 18.1. The summed E-state index contributed by atoms with van der Waals surface area (Å²) < 4.78 is 0. The highest BCUT2D eigenvalue weighted by Gasteiger charge is 2.39. The fourth-order valence-electron chi connectivity index (χ4n) is 4.89. The van der Waals surface area contributed by atoms with Gasteiger partial charge in [0.1, 0.15) is 0 Å². The van der Waals surface area contributed by atoms with Gasteiger partial charge in [-0.25, -0.2) is 0 Å². The third kappa shape index (κ3) is 5.49. The van der Waals surface area contributed by atoms with Crippen molar-refractivity contribution in [2.45, 2.75) is 65.3 Å². The van der Waals surface area contributed by atoms with Crippen LogP contribution in [0.4, 0.5) is 0 Å². The minimum Gasteiger partial charge on any atom is -0.396 e. The molecular formula is C23H35ClN2O2. The number of hydrogen-bond donors (Lipinski definition) is 3. The molecule has 2 aliphatic carbocycles. The average molecular weight is 407 g/mol.